The minimum atomic E-state index is -1.41. The van der Waals surface area contributed by atoms with E-state index in [1.807, 2.05) is 6.92 Å². The van der Waals surface area contributed by atoms with E-state index in [1.165, 1.54) is 6.92 Å². The molecule has 140 valence electrons. The second kappa shape index (κ2) is 8.37. The minimum Gasteiger partial charge on any atom is -0.449 e. The second-order valence-electron chi connectivity index (χ2n) is 5.81. The van der Waals surface area contributed by atoms with Gasteiger partial charge in [-0.2, -0.15) is 4.98 Å². The molecular weight excluding hydrogens is 337 g/mol. The summed E-state index contributed by atoms with van der Waals surface area (Å²) in [5.74, 6) is -1.59. The van der Waals surface area contributed by atoms with Crippen LogP contribution in [-0.2, 0) is 9.47 Å². The zero-order valence-corrected chi connectivity index (χ0v) is 14.0. The number of anilines is 1. The lowest BCUT2D eigenvalue weighted by Gasteiger charge is -2.17. The number of hydrogen-bond acceptors (Lipinski definition) is 7. The fourth-order valence-corrected chi connectivity index (χ4v) is 2.42. The molecular formula is C15H22FN3O6. The molecule has 1 aromatic heterocycles. The smallest absolute Gasteiger partial charge is 0.412 e. The first-order valence-electron chi connectivity index (χ1n) is 8.09. The molecule has 0 bridgehead atoms. The zero-order valence-electron chi connectivity index (χ0n) is 14.0. The Morgan fingerprint density at radius 1 is 1.44 bits per heavy atom. The number of amides is 1. The van der Waals surface area contributed by atoms with Crippen molar-refractivity contribution in [3.05, 3.63) is 22.5 Å². The van der Waals surface area contributed by atoms with Gasteiger partial charge in [0.25, 0.3) is 0 Å². The number of halogens is 1. The minimum absolute atomic E-state index is 0.177. The number of ether oxygens (including phenoxy) is 2. The molecule has 4 atom stereocenters. The quantitative estimate of drug-likeness (QED) is 0.641. The SMILES string of the molecule is CCCCCOC(=O)Nc1nc(=O)n([C@@H]2O[C@H](C)C(O)[C@@H]2O)cc1F. The highest BCUT2D eigenvalue weighted by Gasteiger charge is 2.42. The van der Waals surface area contributed by atoms with Gasteiger partial charge in [-0.05, 0) is 13.3 Å². The number of unbranched alkanes of at least 4 members (excludes halogenated alkanes) is 2. The van der Waals surface area contributed by atoms with Crippen LogP contribution in [0.15, 0.2) is 11.0 Å². The van der Waals surface area contributed by atoms with Gasteiger partial charge in [0.15, 0.2) is 17.9 Å². The summed E-state index contributed by atoms with van der Waals surface area (Å²) in [4.78, 5) is 27.0. The topological polar surface area (TPSA) is 123 Å². The normalized spacial score (nSPS) is 25.8. The van der Waals surface area contributed by atoms with Crippen LogP contribution in [0.5, 0.6) is 0 Å². The van der Waals surface area contributed by atoms with Crippen LogP contribution in [0.2, 0.25) is 0 Å². The Bertz CT molecular complexity index is 667. The molecule has 0 radical (unpaired) electrons. The third-order valence-corrected chi connectivity index (χ3v) is 3.86. The van der Waals surface area contributed by atoms with E-state index in [0.717, 1.165) is 23.6 Å². The van der Waals surface area contributed by atoms with E-state index in [0.29, 0.717) is 6.42 Å². The van der Waals surface area contributed by atoms with Crippen LogP contribution in [0, 0.1) is 5.82 Å². The number of rotatable bonds is 6. The molecule has 1 saturated heterocycles. The van der Waals surface area contributed by atoms with Crippen LogP contribution < -0.4 is 11.0 Å². The fourth-order valence-electron chi connectivity index (χ4n) is 2.42. The van der Waals surface area contributed by atoms with Crippen LogP contribution >= 0.6 is 0 Å². The van der Waals surface area contributed by atoms with Crippen molar-refractivity contribution in [3.8, 4) is 0 Å². The predicted octanol–water partition coefficient (Wildman–Crippen LogP) is 0.760. The van der Waals surface area contributed by atoms with E-state index in [9.17, 15) is 24.2 Å². The summed E-state index contributed by atoms with van der Waals surface area (Å²) in [6, 6.07) is 0. The largest absolute Gasteiger partial charge is 0.449 e. The van der Waals surface area contributed by atoms with Gasteiger partial charge in [0.05, 0.1) is 18.9 Å². The molecule has 1 unspecified atom stereocenters. The Morgan fingerprint density at radius 3 is 2.76 bits per heavy atom. The maximum atomic E-state index is 14.1. The van der Waals surface area contributed by atoms with Gasteiger partial charge in [-0.15, -0.1) is 0 Å². The lowest BCUT2D eigenvalue weighted by molar-refractivity contribution is -0.0355. The molecule has 0 spiro atoms. The highest BCUT2D eigenvalue weighted by Crippen LogP contribution is 2.28. The maximum absolute atomic E-state index is 14.1. The van der Waals surface area contributed by atoms with E-state index in [-0.39, 0.29) is 6.61 Å². The Hall–Kier alpha value is -2.04. The van der Waals surface area contributed by atoms with Crippen molar-refractivity contribution >= 4 is 11.9 Å². The number of aromatic nitrogens is 2. The molecule has 1 fully saturated rings. The van der Waals surface area contributed by atoms with Gasteiger partial charge in [0, 0.05) is 0 Å². The maximum Gasteiger partial charge on any atom is 0.412 e. The zero-order chi connectivity index (χ0) is 18.6. The molecule has 0 aromatic carbocycles. The first-order chi connectivity index (χ1) is 11.8. The standard InChI is InChI=1S/C15H22FN3O6/c1-3-4-5-6-24-15(23)18-12-9(16)7-19(14(22)17-12)13-11(21)10(20)8(2)25-13/h7-8,10-11,13,20-21H,3-6H2,1-2H3,(H,17,18,22,23)/t8-,10?,11+,13-/m1/s1. The Kier molecular flexibility index (Phi) is 6.45. The lowest BCUT2D eigenvalue weighted by Crippen LogP contribution is -2.36. The van der Waals surface area contributed by atoms with Crippen molar-refractivity contribution in [1.29, 1.82) is 0 Å². The van der Waals surface area contributed by atoms with Crippen molar-refractivity contribution in [2.45, 2.75) is 57.6 Å². The number of hydrogen-bond donors (Lipinski definition) is 3. The monoisotopic (exact) mass is 359 g/mol. The number of carbonyl (C=O) groups excluding carboxylic acids is 1. The molecule has 1 aliphatic heterocycles. The molecule has 2 heterocycles. The average Bonchev–Trinajstić information content (AvgIpc) is 2.82. The predicted molar refractivity (Wildman–Crippen MR) is 84.5 cm³/mol. The van der Waals surface area contributed by atoms with Crippen LogP contribution in [0.25, 0.3) is 0 Å². The summed E-state index contributed by atoms with van der Waals surface area (Å²) < 4.78 is 24.9. The Morgan fingerprint density at radius 2 is 2.16 bits per heavy atom. The summed E-state index contributed by atoms with van der Waals surface area (Å²) in [7, 11) is 0. The van der Waals surface area contributed by atoms with Gasteiger partial charge >= 0.3 is 11.8 Å². The number of nitrogens with one attached hydrogen (secondary N) is 1. The third-order valence-electron chi connectivity index (χ3n) is 3.86. The summed E-state index contributed by atoms with van der Waals surface area (Å²) in [6.45, 7) is 3.68. The number of aliphatic hydroxyl groups excluding tert-OH is 2. The van der Waals surface area contributed by atoms with Crippen molar-refractivity contribution in [2.24, 2.45) is 0 Å². The first kappa shape index (κ1) is 19.3. The number of nitrogens with zero attached hydrogens (tertiary/aromatic N) is 2. The molecule has 25 heavy (non-hydrogen) atoms. The highest BCUT2D eigenvalue weighted by molar-refractivity contribution is 5.83. The van der Waals surface area contributed by atoms with E-state index in [4.69, 9.17) is 9.47 Å². The molecule has 1 amide bonds. The summed E-state index contributed by atoms with van der Waals surface area (Å²) in [5, 5.41) is 21.6. The van der Waals surface area contributed by atoms with E-state index in [1.54, 1.807) is 0 Å². The van der Waals surface area contributed by atoms with Gasteiger partial charge in [0.2, 0.25) is 0 Å². The van der Waals surface area contributed by atoms with Crippen molar-refractivity contribution < 1.29 is 28.9 Å². The van der Waals surface area contributed by atoms with E-state index in [2.05, 4.69) is 10.3 Å². The van der Waals surface area contributed by atoms with Gasteiger partial charge in [-0.25, -0.2) is 14.0 Å². The second-order valence-corrected chi connectivity index (χ2v) is 5.81. The van der Waals surface area contributed by atoms with Gasteiger partial charge in [0.1, 0.15) is 12.2 Å². The summed E-state index contributed by atoms with van der Waals surface area (Å²) in [6.07, 6.45) is -2.25. The van der Waals surface area contributed by atoms with Crippen LogP contribution in [0.4, 0.5) is 15.0 Å². The van der Waals surface area contributed by atoms with Crippen molar-refractivity contribution in [3.63, 3.8) is 0 Å². The van der Waals surface area contributed by atoms with E-state index < -0.39 is 48.0 Å². The molecule has 0 saturated carbocycles. The number of aliphatic hydroxyl groups is 2. The molecule has 1 aromatic rings. The third kappa shape index (κ3) is 4.53. The summed E-state index contributed by atoms with van der Waals surface area (Å²) in [5.41, 5.74) is -0.951. The Balaban J connectivity index is 2.07. The molecule has 1 aliphatic rings. The van der Waals surface area contributed by atoms with Crippen LogP contribution in [-0.4, -0.2) is 50.8 Å². The highest BCUT2D eigenvalue weighted by atomic mass is 19.1. The lowest BCUT2D eigenvalue weighted by atomic mass is 10.1. The first-order valence-corrected chi connectivity index (χ1v) is 8.09. The van der Waals surface area contributed by atoms with Gasteiger partial charge < -0.3 is 19.7 Å². The van der Waals surface area contributed by atoms with Crippen molar-refractivity contribution in [1.82, 2.24) is 9.55 Å². The number of carbonyl (C=O) groups is 1. The van der Waals surface area contributed by atoms with Gasteiger partial charge in [-0.3, -0.25) is 9.88 Å². The average molecular weight is 359 g/mol. The molecule has 9 nitrogen and oxygen atoms in total. The summed E-state index contributed by atoms with van der Waals surface area (Å²) >= 11 is 0. The Labute approximate surface area is 143 Å². The van der Waals surface area contributed by atoms with Crippen LogP contribution in [0.1, 0.15) is 39.3 Å². The molecule has 2 rings (SSSR count). The fraction of sp³-hybridized carbons (Fsp3) is 0.667. The molecule has 0 aliphatic carbocycles. The van der Waals surface area contributed by atoms with E-state index >= 15 is 0 Å². The van der Waals surface area contributed by atoms with Crippen molar-refractivity contribution in [2.75, 3.05) is 11.9 Å². The van der Waals surface area contributed by atoms with Crippen LogP contribution in [0.3, 0.4) is 0 Å². The molecule has 3 N–H and O–H groups in total. The van der Waals surface area contributed by atoms with Gasteiger partial charge in [-0.1, -0.05) is 19.8 Å². The molecule has 10 heteroatoms.